The molecule has 1 N–H and O–H groups in total. The van der Waals surface area contributed by atoms with Crippen molar-refractivity contribution in [3.8, 4) is 11.5 Å². The van der Waals surface area contributed by atoms with Crippen molar-refractivity contribution in [3.63, 3.8) is 0 Å². The minimum absolute atomic E-state index is 0. The molecule has 0 aromatic heterocycles. The number of methoxy groups -OCH3 is 2. The van der Waals surface area contributed by atoms with E-state index in [0.29, 0.717) is 43.5 Å². The Balaban J connectivity index is 0.00000784. The van der Waals surface area contributed by atoms with E-state index in [-0.39, 0.29) is 30.6 Å². The summed E-state index contributed by atoms with van der Waals surface area (Å²) in [7, 11) is 5.11. The van der Waals surface area contributed by atoms with Gasteiger partial charge < -0.3 is 24.4 Å². The van der Waals surface area contributed by atoms with Gasteiger partial charge in [0.2, 0.25) is 0 Å². The van der Waals surface area contributed by atoms with Crippen LogP contribution in [0.25, 0.3) is 0 Å². The lowest BCUT2D eigenvalue weighted by Crippen LogP contribution is -2.40. The number of nitrogens with one attached hydrogen (secondary N) is 1. The van der Waals surface area contributed by atoms with Crippen molar-refractivity contribution >= 4 is 29.9 Å². The van der Waals surface area contributed by atoms with Gasteiger partial charge in [0.1, 0.15) is 6.61 Å². The first-order chi connectivity index (χ1) is 13.3. The van der Waals surface area contributed by atoms with E-state index in [2.05, 4.69) is 15.0 Å². The van der Waals surface area contributed by atoms with E-state index in [4.69, 9.17) is 9.47 Å². The molecule has 1 rings (SSSR count). The highest BCUT2D eigenvalue weighted by Gasteiger charge is 2.27. The van der Waals surface area contributed by atoms with E-state index in [9.17, 15) is 13.2 Å². The molecule has 0 atom stereocenters. The van der Waals surface area contributed by atoms with Crippen LogP contribution in [0.4, 0.5) is 13.2 Å². The predicted molar refractivity (Wildman–Crippen MR) is 119 cm³/mol. The van der Waals surface area contributed by atoms with Crippen LogP contribution in [0.3, 0.4) is 0 Å². The molecule has 29 heavy (non-hydrogen) atoms. The van der Waals surface area contributed by atoms with Crippen LogP contribution in [0.5, 0.6) is 11.5 Å². The third kappa shape index (κ3) is 11.4. The predicted octanol–water partition coefficient (Wildman–Crippen LogP) is 3.73. The zero-order valence-electron chi connectivity index (χ0n) is 17.3. The van der Waals surface area contributed by atoms with Crippen LogP contribution in [0.2, 0.25) is 0 Å². The molecule has 0 aliphatic rings. The van der Waals surface area contributed by atoms with E-state index >= 15 is 0 Å². The molecule has 0 saturated heterocycles. The van der Waals surface area contributed by atoms with Gasteiger partial charge in [-0.3, -0.25) is 4.99 Å². The summed E-state index contributed by atoms with van der Waals surface area (Å²) < 4.78 is 51.2. The highest BCUT2D eigenvalue weighted by Crippen LogP contribution is 2.27. The van der Waals surface area contributed by atoms with Crippen molar-refractivity contribution in [1.82, 2.24) is 10.2 Å². The maximum Gasteiger partial charge on any atom is 0.411 e. The van der Waals surface area contributed by atoms with Gasteiger partial charge in [-0.25, -0.2) is 0 Å². The Kier molecular flexibility index (Phi) is 13.8. The van der Waals surface area contributed by atoms with Crippen LogP contribution in [-0.4, -0.2) is 71.2 Å². The summed E-state index contributed by atoms with van der Waals surface area (Å²) in [4.78, 5) is 6.43. The number of rotatable bonds is 11. The van der Waals surface area contributed by atoms with Gasteiger partial charge in [0.05, 0.1) is 14.2 Å². The van der Waals surface area contributed by atoms with Crippen LogP contribution < -0.4 is 14.8 Å². The molecule has 1 aromatic rings. The quantitative estimate of drug-likeness (QED) is 0.204. The van der Waals surface area contributed by atoms with E-state index in [1.165, 1.54) is 0 Å². The number of nitrogens with zero attached hydrogens (tertiary/aromatic N) is 2. The third-order valence-electron chi connectivity index (χ3n) is 3.85. The van der Waals surface area contributed by atoms with Gasteiger partial charge >= 0.3 is 6.18 Å². The number of ether oxygens (including phenoxy) is 3. The molecule has 0 heterocycles. The van der Waals surface area contributed by atoms with Crippen molar-refractivity contribution in [3.05, 3.63) is 23.8 Å². The van der Waals surface area contributed by atoms with E-state index in [0.717, 1.165) is 12.0 Å². The van der Waals surface area contributed by atoms with Gasteiger partial charge in [0, 0.05) is 33.3 Å². The Hall–Kier alpha value is -1.43. The largest absolute Gasteiger partial charge is 0.493 e. The first-order valence-corrected chi connectivity index (χ1v) is 9.15. The molecule has 0 fully saturated rings. The molecule has 0 aliphatic carbocycles. The van der Waals surface area contributed by atoms with Gasteiger partial charge in [0.15, 0.2) is 17.5 Å². The van der Waals surface area contributed by atoms with Crippen LogP contribution in [0.15, 0.2) is 23.2 Å². The number of benzene rings is 1. The Bertz CT molecular complexity index is 616. The van der Waals surface area contributed by atoms with E-state index in [1.807, 2.05) is 37.1 Å². The molecule has 0 aliphatic heterocycles. The first-order valence-electron chi connectivity index (χ1n) is 9.15. The van der Waals surface area contributed by atoms with Crippen LogP contribution in [0, 0.1) is 0 Å². The normalized spacial score (nSPS) is 11.6. The molecule has 0 radical (unpaired) electrons. The molecule has 10 heteroatoms. The SMILES string of the molecule is CCNC(=NCCCOCC(F)(F)F)N(C)CCc1ccc(OC)c(OC)c1.I. The summed E-state index contributed by atoms with van der Waals surface area (Å²) in [6, 6.07) is 5.79. The number of alkyl halides is 3. The van der Waals surface area contributed by atoms with Gasteiger partial charge in [0.25, 0.3) is 0 Å². The fourth-order valence-corrected chi connectivity index (χ4v) is 2.45. The average Bonchev–Trinajstić information content (AvgIpc) is 2.66. The number of hydrogen-bond acceptors (Lipinski definition) is 4. The number of halogens is 4. The third-order valence-corrected chi connectivity index (χ3v) is 3.85. The second-order valence-corrected chi connectivity index (χ2v) is 6.12. The summed E-state index contributed by atoms with van der Waals surface area (Å²) in [5, 5.41) is 3.19. The Morgan fingerprint density at radius 2 is 1.86 bits per heavy atom. The molecule has 168 valence electrons. The van der Waals surface area contributed by atoms with Crippen molar-refractivity contribution < 1.29 is 27.4 Å². The number of likely N-dealkylation sites (N-methyl/N-ethyl adjacent to an activating group) is 1. The summed E-state index contributed by atoms with van der Waals surface area (Å²) in [6.07, 6.45) is -3.09. The molecule has 0 bridgehead atoms. The second-order valence-electron chi connectivity index (χ2n) is 6.12. The molecule has 1 aromatic carbocycles. The number of guanidine groups is 1. The summed E-state index contributed by atoms with van der Waals surface area (Å²) in [5.41, 5.74) is 1.10. The molecule has 6 nitrogen and oxygen atoms in total. The summed E-state index contributed by atoms with van der Waals surface area (Å²) in [5.74, 6) is 2.07. The van der Waals surface area contributed by atoms with Crippen molar-refractivity contribution in [2.75, 3.05) is 54.1 Å². The van der Waals surface area contributed by atoms with Gasteiger partial charge in [-0.05, 0) is 37.5 Å². The van der Waals surface area contributed by atoms with Crippen molar-refractivity contribution in [1.29, 1.82) is 0 Å². The Morgan fingerprint density at radius 1 is 1.17 bits per heavy atom. The van der Waals surface area contributed by atoms with E-state index in [1.54, 1.807) is 14.2 Å². The van der Waals surface area contributed by atoms with Crippen LogP contribution in [-0.2, 0) is 11.2 Å². The maximum atomic E-state index is 12.0. The lowest BCUT2D eigenvalue weighted by molar-refractivity contribution is -0.173. The minimum Gasteiger partial charge on any atom is -0.493 e. The lowest BCUT2D eigenvalue weighted by Gasteiger charge is -2.22. The molecule has 0 spiro atoms. The molecular formula is C19H31F3IN3O3. The Labute approximate surface area is 187 Å². The molecule has 0 amide bonds. The fraction of sp³-hybridized carbons (Fsp3) is 0.632. The fourth-order valence-electron chi connectivity index (χ4n) is 2.45. The van der Waals surface area contributed by atoms with Crippen LogP contribution in [0.1, 0.15) is 18.9 Å². The van der Waals surface area contributed by atoms with Gasteiger partial charge in [-0.15, -0.1) is 24.0 Å². The van der Waals surface area contributed by atoms with E-state index < -0.39 is 12.8 Å². The number of hydrogen-bond donors (Lipinski definition) is 1. The maximum absolute atomic E-state index is 12.0. The second kappa shape index (κ2) is 14.5. The zero-order chi connectivity index (χ0) is 21.0. The monoisotopic (exact) mass is 533 g/mol. The zero-order valence-corrected chi connectivity index (χ0v) is 19.7. The highest BCUT2D eigenvalue weighted by atomic mass is 127. The standard InChI is InChI=1S/C19H30F3N3O3.HI/c1-5-23-18(24-10-6-12-28-14-19(20,21)22)25(2)11-9-15-7-8-16(26-3)17(13-15)27-4;/h7-8,13H,5-6,9-12,14H2,1-4H3,(H,23,24);1H. The minimum atomic E-state index is -4.29. The molecular weight excluding hydrogens is 502 g/mol. The number of aliphatic imine (C=N–C) groups is 1. The highest BCUT2D eigenvalue weighted by molar-refractivity contribution is 14.0. The lowest BCUT2D eigenvalue weighted by atomic mass is 10.1. The van der Waals surface area contributed by atoms with Crippen molar-refractivity contribution in [2.24, 2.45) is 4.99 Å². The molecule has 0 saturated carbocycles. The van der Waals surface area contributed by atoms with Crippen LogP contribution >= 0.6 is 24.0 Å². The first kappa shape index (κ1) is 27.6. The van der Waals surface area contributed by atoms with Gasteiger partial charge in [-0.2, -0.15) is 13.2 Å². The topological polar surface area (TPSA) is 55.3 Å². The van der Waals surface area contributed by atoms with Gasteiger partial charge in [-0.1, -0.05) is 6.07 Å². The Morgan fingerprint density at radius 3 is 2.45 bits per heavy atom. The summed E-state index contributed by atoms with van der Waals surface area (Å²) >= 11 is 0. The molecule has 0 unspecified atom stereocenters. The van der Waals surface area contributed by atoms with Crippen molar-refractivity contribution in [2.45, 2.75) is 25.9 Å². The smallest absolute Gasteiger partial charge is 0.411 e. The average molecular weight is 533 g/mol. The summed E-state index contributed by atoms with van der Waals surface area (Å²) in [6.45, 7) is 2.57.